The summed E-state index contributed by atoms with van der Waals surface area (Å²) in [6.07, 6.45) is 0. The maximum atomic E-state index is 3.29. The van der Waals surface area contributed by atoms with Crippen molar-refractivity contribution >= 4 is 11.3 Å². The highest BCUT2D eigenvalue weighted by molar-refractivity contribution is 7.12. The van der Waals surface area contributed by atoms with Crippen LogP contribution in [0.3, 0.4) is 0 Å². The van der Waals surface area contributed by atoms with Gasteiger partial charge in [0.1, 0.15) is 0 Å². The number of hydrogen-bond donors (Lipinski definition) is 1. The Kier molecular flexibility index (Phi) is 4.01. The molecular weight excluding hydrogens is 178 g/mol. The van der Waals surface area contributed by atoms with Crippen LogP contribution in [0.2, 0.25) is 0 Å². The Bertz CT molecular complexity index is 328. The summed E-state index contributed by atoms with van der Waals surface area (Å²) in [6.45, 7) is 7.89. The summed E-state index contributed by atoms with van der Waals surface area (Å²) in [5.41, 5.74) is 1.40. The lowest BCUT2D eigenvalue weighted by molar-refractivity contribution is 0.769. The van der Waals surface area contributed by atoms with Crippen LogP contribution in [0.5, 0.6) is 0 Å². The van der Waals surface area contributed by atoms with Crippen LogP contribution in [0, 0.1) is 25.7 Å². The number of rotatable bonds is 3. The van der Waals surface area contributed by atoms with Crippen molar-refractivity contribution in [1.29, 1.82) is 0 Å². The molecule has 0 spiro atoms. The minimum Gasteiger partial charge on any atom is -0.302 e. The van der Waals surface area contributed by atoms with E-state index in [1.807, 2.05) is 18.3 Å². The van der Waals surface area contributed by atoms with E-state index in [-0.39, 0.29) is 0 Å². The van der Waals surface area contributed by atoms with Crippen LogP contribution >= 0.6 is 11.3 Å². The molecule has 0 amide bonds. The zero-order valence-electron chi connectivity index (χ0n) is 8.40. The molecular formula is C11H15NS. The van der Waals surface area contributed by atoms with Gasteiger partial charge in [-0.3, -0.25) is 0 Å². The Morgan fingerprint density at radius 3 is 2.77 bits per heavy atom. The Hall–Kier alpha value is -0.780. The average Bonchev–Trinajstić information content (AvgIpc) is 2.39. The number of hydrogen-bond acceptors (Lipinski definition) is 2. The number of nitrogens with one attached hydrogen (secondary N) is 1. The molecule has 1 N–H and O–H groups in total. The Balaban J connectivity index is 2.43. The van der Waals surface area contributed by atoms with Crippen LogP contribution in [0.15, 0.2) is 6.07 Å². The molecule has 0 fully saturated rings. The monoisotopic (exact) mass is 193 g/mol. The molecule has 2 heteroatoms. The van der Waals surface area contributed by atoms with Gasteiger partial charge in [0.2, 0.25) is 0 Å². The quantitative estimate of drug-likeness (QED) is 0.574. The van der Waals surface area contributed by atoms with E-state index in [0.717, 1.165) is 13.1 Å². The Morgan fingerprint density at radius 1 is 1.46 bits per heavy atom. The van der Waals surface area contributed by atoms with Crippen molar-refractivity contribution < 1.29 is 0 Å². The van der Waals surface area contributed by atoms with E-state index in [9.17, 15) is 0 Å². The van der Waals surface area contributed by atoms with Crippen molar-refractivity contribution in [2.75, 3.05) is 6.54 Å². The topological polar surface area (TPSA) is 12.0 Å². The van der Waals surface area contributed by atoms with Crippen molar-refractivity contribution in [2.24, 2.45) is 0 Å². The SMILES string of the molecule is CC#CCNCc1cc(C)sc1C. The lowest BCUT2D eigenvalue weighted by Crippen LogP contribution is -2.13. The van der Waals surface area contributed by atoms with Gasteiger partial charge >= 0.3 is 0 Å². The molecule has 0 unspecified atom stereocenters. The van der Waals surface area contributed by atoms with Gasteiger partial charge in [-0.15, -0.1) is 17.3 Å². The zero-order chi connectivity index (χ0) is 9.68. The summed E-state index contributed by atoms with van der Waals surface area (Å²) in [5.74, 6) is 5.85. The zero-order valence-corrected chi connectivity index (χ0v) is 9.22. The summed E-state index contributed by atoms with van der Waals surface area (Å²) >= 11 is 1.86. The molecule has 0 saturated carbocycles. The van der Waals surface area contributed by atoms with Crippen molar-refractivity contribution in [3.8, 4) is 11.8 Å². The number of thiophene rings is 1. The lowest BCUT2D eigenvalue weighted by Gasteiger charge is -1.98. The molecule has 1 aromatic heterocycles. The Labute approximate surface area is 84.2 Å². The molecule has 0 aromatic carbocycles. The van der Waals surface area contributed by atoms with E-state index in [4.69, 9.17) is 0 Å². The smallest absolute Gasteiger partial charge is 0.0579 e. The second-order valence-corrected chi connectivity index (χ2v) is 4.43. The van der Waals surface area contributed by atoms with Gasteiger partial charge in [0, 0.05) is 16.3 Å². The molecule has 0 aliphatic rings. The van der Waals surface area contributed by atoms with E-state index in [1.54, 1.807) is 0 Å². The van der Waals surface area contributed by atoms with Crippen LogP contribution in [-0.2, 0) is 6.54 Å². The molecule has 0 aliphatic carbocycles. The summed E-state index contributed by atoms with van der Waals surface area (Å²) in [5, 5.41) is 3.29. The van der Waals surface area contributed by atoms with Gasteiger partial charge in [0.15, 0.2) is 0 Å². The maximum absolute atomic E-state index is 3.29. The van der Waals surface area contributed by atoms with E-state index in [0.29, 0.717) is 0 Å². The molecule has 0 aliphatic heterocycles. The first-order valence-corrected chi connectivity index (χ1v) is 5.22. The fourth-order valence-corrected chi connectivity index (χ4v) is 2.15. The second kappa shape index (κ2) is 5.06. The van der Waals surface area contributed by atoms with Crippen LogP contribution in [0.25, 0.3) is 0 Å². The van der Waals surface area contributed by atoms with Crippen molar-refractivity contribution in [1.82, 2.24) is 5.32 Å². The highest BCUT2D eigenvalue weighted by Gasteiger charge is 2.00. The lowest BCUT2D eigenvalue weighted by atomic mass is 10.2. The third-order valence-electron chi connectivity index (χ3n) is 1.85. The van der Waals surface area contributed by atoms with Crippen LogP contribution in [0.1, 0.15) is 22.2 Å². The largest absolute Gasteiger partial charge is 0.302 e. The third kappa shape index (κ3) is 3.22. The molecule has 1 nitrogen and oxygen atoms in total. The molecule has 0 bridgehead atoms. The average molecular weight is 193 g/mol. The minimum absolute atomic E-state index is 0.783. The highest BCUT2D eigenvalue weighted by Crippen LogP contribution is 2.19. The van der Waals surface area contributed by atoms with E-state index >= 15 is 0 Å². The fourth-order valence-electron chi connectivity index (χ4n) is 1.21. The summed E-state index contributed by atoms with van der Waals surface area (Å²) in [4.78, 5) is 2.80. The summed E-state index contributed by atoms with van der Waals surface area (Å²) in [6, 6.07) is 2.24. The summed E-state index contributed by atoms with van der Waals surface area (Å²) < 4.78 is 0. The third-order valence-corrected chi connectivity index (χ3v) is 2.86. The van der Waals surface area contributed by atoms with Crippen LogP contribution < -0.4 is 5.32 Å². The van der Waals surface area contributed by atoms with Crippen LogP contribution in [0.4, 0.5) is 0 Å². The van der Waals surface area contributed by atoms with Gasteiger partial charge in [-0.05, 0) is 32.4 Å². The van der Waals surface area contributed by atoms with Crippen molar-refractivity contribution in [3.63, 3.8) is 0 Å². The van der Waals surface area contributed by atoms with E-state index in [1.165, 1.54) is 15.3 Å². The van der Waals surface area contributed by atoms with Gasteiger partial charge in [-0.2, -0.15) is 0 Å². The number of aryl methyl sites for hydroxylation is 2. The van der Waals surface area contributed by atoms with Gasteiger partial charge < -0.3 is 5.32 Å². The molecule has 1 heterocycles. The van der Waals surface area contributed by atoms with Crippen molar-refractivity contribution in [3.05, 3.63) is 21.4 Å². The van der Waals surface area contributed by atoms with Crippen LogP contribution in [-0.4, -0.2) is 6.54 Å². The maximum Gasteiger partial charge on any atom is 0.0579 e. The predicted molar refractivity (Wildman–Crippen MR) is 58.9 cm³/mol. The molecule has 0 radical (unpaired) electrons. The van der Waals surface area contributed by atoms with E-state index in [2.05, 4.69) is 37.1 Å². The predicted octanol–water partition coefficient (Wildman–Crippen LogP) is 2.48. The second-order valence-electron chi connectivity index (χ2n) is 2.97. The normalized spacial score (nSPS) is 9.46. The standard InChI is InChI=1S/C11H15NS/c1-4-5-6-12-8-11-7-9(2)13-10(11)3/h7,12H,6,8H2,1-3H3. The first kappa shape index (κ1) is 10.3. The molecule has 1 rings (SSSR count). The first-order valence-electron chi connectivity index (χ1n) is 4.40. The van der Waals surface area contributed by atoms with Gasteiger partial charge in [0.05, 0.1) is 6.54 Å². The first-order chi connectivity index (χ1) is 6.24. The molecule has 0 atom stereocenters. The highest BCUT2D eigenvalue weighted by atomic mass is 32.1. The molecule has 1 aromatic rings. The molecule has 0 saturated heterocycles. The molecule has 13 heavy (non-hydrogen) atoms. The Morgan fingerprint density at radius 2 is 2.23 bits per heavy atom. The fraction of sp³-hybridized carbons (Fsp3) is 0.455. The minimum atomic E-state index is 0.783. The molecule has 70 valence electrons. The van der Waals surface area contributed by atoms with Gasteiger partial charge in [0.25, 0.3) is 0 Å². The van der Waals surface area contributed by atoms with Crippen molar-refractivity contribution in [2.45, 2.75) is 27.3 Å². The van der Waals surface area contributed by atoms with E-state index < -0.39 is 0 Å². The summed E-state index contributed by atoms with van der Waals surface area (Å²) in [7, 11) is 0. The van der Waals surface area contributed by atoms with Gasteiger partial charge in [-0.1, -0.05) is 5.92 Å². The van der Waals surface area contributed by atoms with Gasteiger partial charge in [-0.25, -0.2) is 0 Å².